The van der Waals surface area contributed by atoms with Gasteiger partial charge in [0, 0.05) is 26.1 Å². The summed E-state index contributed by atoms with van der Waals surface area (Å²) in [4.78, 5) is 26.7. The van der Waals surface area contributed by atoms with Gasteiger partial charge in [0.1, 0.15) is 0 Å². The highest BCUT2D eigenvalue weighted by Crippen LogP contribution is 2.28. The van der Waals surface area contributed by atoms with Crippen LogP contribution in [0.2, 0.25) is 0 Å². The maximum Gasteiger partial charge on any atom is 0.225 e. The van der Waals surface area contributed by atoms with Gasteiger partial charge < -0.3 is 19.7 Å². The van der Waals surface area contributed by atoms with Crippen molar-refractivity contribution in [3.8, 4) is 11.5 Å². The molecule has 6 nitrogen and oxygen atoms in total. The minimum Gasteiger partial charge on any atom is -0.493 e. The molecule has 0 bridgehead atoms. The van der Waals surface area contributed by atoms with Crippen LogP contribution in [0.1, 0.15) is 28.7 Å². The molecule has 2 amide bonds. The fraction of sp³-hybridized carbons (Fsp3) is 0.417. The number of amides is 2. The third kappa shape index (κ3) is 5.12. The van der Waals surface area contributed by atoms with Gasteiger partial charge in [0.15, 0.2) is 11.5 Å². The lowest BCUT2D eigenvalue weighted by Crippen LogP contribution is -2.33. The maximum atomic E-state index is 12.6. The standard InChI is InChI=1S/C24H30N2O4/c1-16-5-6-19(11-17(16)2)14-25-24(28)20-13-23(27)26(15-20)10-9-18-7-8-21(29-3)22(12-18)30-4/h5-8,11-12,20H,9-10,13-15H2,1-4H3,(H,25,28)/t20-/m0/s1. The van der Waals surface area contributed by atoms with Crippen LogP contribution in [0.25, 0.3) is 0 Å². The van der Waals surface area contributed by atoms with E-state index in [4.69, 9.17) is 9.47 Å². The number of hydrogen-bond donors (Lipinski definition) is 1. The van der Waals surface area contributed by atoms with Gasteiger partial charge in [-0.3, -0.25) is 9.59 Å². The molecule has 6 heteroatoms. The van der Waals surface area contributed by atoms with E-state index in [1.54, 1.807) is 19.1 Å². The molecular weight excluding hydrogens is 380 g/mol. The highest BCUT2D eigenvalue weighted by atomic mass is 16.5. The maximum absolute atomic E-state index is 12.6. The van der Waals surface area contributed by atoms with Crippen LogP contribution in [-0.2, 0) is 22.6 Å². The summed E-state index contributed by atoms with van der Waals surface area (Å²) in [6, 6.07) is 11.9. The summed E-state index contributed by atoms with van der Waals surface area (Å²) in [7, 11) is 3.21. The highest BCUT2D eigenvalue weighted by molar-refractivity contribution is 5.89. The van der Waals surface area contributed by atoms with Gasteiger partial charge in [-0.05, 0) is 54.7 Å². The number of aryl methyl sites for hydroxylation is 2. The third-order valence-electron chi connectivity index (χ3n) is 5.74. The van der Waals surface area contributed by atoms with Crippen molar-refractivity contribution in [1.82, 2.24) is 10.2 Å². The van der Waals surface area contributed by atoms with Gasteiger partial charge in [-0.1, -0.05) is 24.3 Å². The molecule has 1 atom stereocenters. The number of ether oxygens (including phenoxy) is 2. The van der Waals surface area contributed by atoms with Crippen LogP contribution in [0.15, 0.2) is 36.4 Å². The smallest absolute Gasteiger partial charge is 0.225 e. The number of likely N-dealkylation sites (tertiary alicyclic amines) is 1. The predicted octanol–water partition coefficient (Wildman–Crippen LogP) is 3.03. The second-order valence-corrected chi connectivity index (χ2v) is 7.82. The zero-order valence-corrected chi connectivity index (χ0v) is 18.2. The van der Waals surface area contributed by atoms with Crippen LogP contribution in [0.3, 0.4) is 0 Å². The van der Waals surface area contributed by atoms with Crippen LogP contribution in [-0.4, -0.2) is 44.0 Å². The summed E-state index contributed by atoms with van der Waals surface area (Å²) in [6.45, 7) is 5.65. The first-order valence-electron chi connectivity index (χ1n) is 10.2. The van der Waals surface area contributed by atoms with Gasteiger partial charge >= 0.3 is 0 Å². The molecule has 0 unspecified atom stereocenters. The molecule has 1 aliphatic heterocycles. The summed E-state index contributed by atoms with van der Waals surface area (Å²) >= 11 is 0. The first-order chi connectivity index (χ1) is 14.4. The molecular formula is C24H30N2O4. The van der Waals surface area contributed by atoms with Crippen molar-refractivity contribution >= 4 is 11.8 Å². The van der Waals surface area contributed by atoms with Crippen molar-refractivity contribution in [3.63, 3.8) is 0 Å². The van der Waals surface area contributed by atoms with Crippen molar-refractivity contribution < 1.29 is 19.1 Å². The minimum atomic E-state index is -0.297. The Labute approximate surface area is 178 Å². The summed E-state index contributed by atoms with van der Waals surface area (Å²) in [5.74, 6) is 1.02. The third-order valence-corrected chi connectivity index (χ3v) is 5.74. The number of benzene rings is 2. The van der Waals surface area contributed by atoms with Gasteiger partial charge in [-0.15, -0.1) is 0 Å². The Hall–Kier alpha value is -3.02. The first-order valence-corrected chi connectivity index (χ1v) is 10.2. The highest BCUT2D eigenvalue weighted by Gasteiger charge is 2.33. The molecule has 1 fully saturated rings. The molecule has 30 heavy (non-hydrogen) atoms. The van der Waals surface area contributed by atoms with E-state index in [1.165, 1.54) is 11.1 Å². The van der Waals surface area contributed by atoms with E-state index in [0.717, 1.165) is 11.1 Å². The Morgan fingerprint density at radius 3 is 2.47 bits per heavy atom. The summed E-state index contributed by atoms with van der Waals surface area (Å²) in [6.07, 6.45) is 0.966. The topological polar surface area (TPSA) is 67.9 Å². The molecule has 0 aliphatic carbocycles. The van der Waals surface area contributed by atoms with E-state index in [-0.39, 0.29) is 24.2 Å². The van der Waals surface area contributed by atoms with Gasteiger partial charge in [0.25, 0.3) is 0 Å². The molecule has 2 aromatic rings. The number of methoxy groups -OCH3 is 2. The quantitative estimate of drug-likeness (QED) is 0.726. The Kier molecular flexibility index (Phi) is 6.98. The van der Waals surface area contributed by atoms with Crippen molar-refractivity contribution in [2.45, 2.75) is 33.2 Å². The summed E-state index contributed by atoms with van der Waals surface area (Å²) < 4.78 is 10.6. The zero-order valence-electron chi connectivity index (χ0n) is 18.2. The van der Waals surface area contributed by atoms with Gasteiger partial charge in [-0.2, -0.15) is 0 Å². The van der Waals surface area contributed by atoms with Crippen molar-refractivity contribution in [3.05, 3.63) is 58.7 Å². The van der Waals surface area contributed by atoms with Gasteiger partial charge in [-0.25, -0.2) is 0 Å². The van der Waals surface area contributed by atoms with Crippen LogP contribution >= 0.6 is 0 Å². The SMILES string of the molecule is COc1ccc(CCN2C[C@@H](C(=O)NCc3ccc(C)c(C)c3)CC2=O)cc1OC. The largest absolute Gasteiger partial charge is 0.493 e. The molecule has 0 radical (unpaired) electrons. The van der Waals surface area contributed by atoms with Crippen molar-refractivity contribution in [2.24, 2.45) is 5.92 Å². The van der Waals surface area contributed by atoms with Crippen LogP contribution in [0, 0.1) is 19.8 Å². The van der Waals surface area contributed by atoms with E-state index in [9.17, 15) is 9.59 Å². The molecule has 0 spiro atoms. The number of nitrogens with one attached hydrogen (secondary N) is 1. The van der Waals surface area contributed by atoms with Crippen molar-refractivity contribution in [1.29, 1.82) is 0 Å². The molecule has 1 saturated heterocycles. The molecule has 0 saturated carbocycles. The van der Waals surface area contributed by atoms with Gasteiger partial charge in [0.05, 0.1) is 20.1 Å². The second kappa shape index (κ2) is 9.65. The lowest BCUT2D eigenvalue weighted by molar-refractivity contribution is -0.129. The fourth-order valence-electron chi connectivity index (χ4n) is 3.71. The summed E-state index contributed by atoms with van der Waals surface area (Å²) in [5.41, 5.74) is 4.57. The molecule has 160 valence electrons. The van der Waals surface area contributed by atoms with Crippen LogP contribution in [0.5, 0.6) is 11.5 Å². The monoisotopic (exact) mass is 410 g/mol. The van der Waals surface area contributed by atoms with Gasteiger partial charge in [0.2, 0.25) is 11.8 Å². The Bertz CT molecular complexity index is 925. The number of rotatable bonds is 8. The Morgan fingerprint density at radius 1 is 1.03 bits per heavy atom. The Balaban J connectivity index is 1.51. The summed E-state index contributed by atoms with van der Waals surface area (Å²) in [5, 5.41) is 2.98. The number of hydrogen-bond acceptors (Lipinski definition) is 4. The van der Waals surface area contributed by atoms with E-state index >= 15 is 0 Å². The number of carbonyl (C=O) groups excluding carboxylic acids is 2. The van der Waals surface area contributed by atoms with E-state index in [0.29, 0.717) is 37.6 Å². The fourth-order valence-corrected chi connectivity index (χ4v) is 3.71. The molecule has 1 heterocycles. The van der Waals surface area contributed by atoms with Crippen LogP contribution < -0.4 is 14.8 Å². The predicted molar refractivity (Wildman–Crippen MR) is 116 cm³/mol. The number of carbonyl (C=O) groups is 2. The first kappa shape index (κ1) is 21.7. The average Bonchev–Trinajstić information content (AvgIpc) is 3.13. The van der Waals surface area contributed by atoms with E-state index < -0.39 is 0 Å². The molecule has 1 N–H and O–H groups in total. The normalized spacial score (nSPS) is 15.9. The molecule has 1 aliphatic rings. The Morgan fingerprint density at radius 2 is 1.77 bits per heavy atom. The zero-order chi connectivity index (χ0) is 21.7. The lowest BCUT2D eigenvalue weighted by atomic mass is 10.1. The molecule has 2 aromatic carbocycles. The minimum absolute atomic E-state index is 0.0295. The van der Waals surface area contributed by atoms with Crippen LogP contribution in [0.4, 0.5) is 0 Å². The van der Waals surface area contributed by atoms with Crippen molar-refractivity contribution in [2.75, 3.05) is 27.3 Å². The second-order valence-electron chi connectivity index (χ2n) is 7.82. The molecule has 0 aromatic heterocycles. The molecule has 3 rings (SSSR count). The van der Waals surface area contributed by atoms with E-state index in [1.807, 2.05) is 24.3 Å². The number of nitrogens with zero attached hydrogens (tertiary/aromatic N) is 1. The lowest BCUT2D eigenvalue weighted by Gasteiger charge is -2.17. The average molecular weight is 411 g/mol. The van der Waals surface area contributed by atoms with E-state index in [2.05, 4.69) is 31.3 Å².